The Morgan fingerprint density at radius 3 is 1.12 bits per heavy atom. The smallest absolute Gasteiger partial charge is 0.174 e. The maximum atomic E-state index is 4.48. The molecule has 0 atom stereocenters. The first-order valence-electron chi connectivity index (χ1n) is 6.12. The van der Waals surface area contributed by atoms with Crippen LogP contribution in [0.4, 0.5) is 0 Å². The molecule has 0 amide bonds. The van der Waals surface area contributed by atoms with Crippen molar-refractivity contribution < 1.29 is 0 Å². The number of hydrogen-bond acceptors (Lipinski definition) is 2. The summed E-state index contributed by atoms with van der Waals surface area (Å²) in [4.78, 5) is 0. The van der Waals surface area contributed by atoms with Gasteiger partial charge in [0.25, 0.3) is 0 Å². The summed E-state index contributed by atoms with van der Waals surface area (Å²) < 4.78 is 7.22. The van der Waals surface area contributed by atoms with Gasteiger partial charge in [-0.3, -0.25) is 0 Å². The summed E-state index contributed by atoms with van der Waals surface area (Å²) in [5.41, 5.74) is 0. The van der Waals surface area contributed by atoms with Gasteiger partial charge in [0, 0.05) is 0 Å². The van der Waals surface area contributed by atoms with Gasteiger partial charge in [0.1, 0.15) is 8.59 Å². The van der Waals surface area contributed by atoms with E-state index < -0.39 is 16.5 Å². The van der Waals surface area contributed by atoms with Crippen molar-refractivity contribution in [2.75, 3.05) is 0 Å². The van der Waals surface area contributed by atoms with Gasteiger partial charge in [-0.15, -0.1) is 0 Å². The van der Waals surface area contributed by atoms with Crippen LogP contribution in [-0.4, -0.2) is 59.3 Å². The summed E-state index contributed by atoms with van der Waals surface area (Å²) in [6.45, 7) is 23.5. The van der Waals surface area contributed by atoms with Gasteiger partial charge >= 0.3 is 81.0 Å². The second kappa shape index (κ2) is 8.57. The van der Waals surface area contributed by atoms with E-state index in [2.05, 4.69) is 72.2 Å². The second-order valence-corrected chi connectivity index (χ2v) is 25.2. The SMILES string of the molecule is C[Si](C)(C)[N]([Sn])[Si](C)(C)C.C[Si](C)N=[Si](C)C. The molecule has 0 rings (SSSR count). The van der Waals surface area contributed by atoms with Crippen molar-refractivity contribution in [3.8, 4) is 0 Å². The van der Waals surface area contributed by atoms with Crippen LogP contribution >= 0.6 is 0 Å². The predicted octanol–water partition coefficient (Wildman–Crippen LogP) is 3.80. The molecule has 0 aromatic rings. The Bertz CT molecular complexity index is 226. The quantitative estimate of drug-likeness (QED) is 0.648. The molecule has 0 unspecified atom stereocenters. The average molecular weight is 409 g/mol. The van der Waals surface area contributed by atoms with Crippen LogP contribution in [0.15, 0.2) is 4.30 Å². The van der Waals surface area contributed by atoms with Gasteiger partial charge in [-0.25, -0.2) is 0 Å². The molecule has 7 heteroatoms. The first kappa shape index (κ1) is 20.7. The van der Waals surface area contributed by atoms with Gasteiger partial charge in [-0.2, -0.15) is 0 Å². The van der Waals surface area contributed by atoms with Gasteiger partial charge in [0.05, 0.1) is 0 Å². The predicted molar refractivity (Wildman–Crippen MR) is 91.7 cm³/mol. The Hall–Kier alpha value is 1.43. The van der Waals surface area contributed by atoms with Crippen LogP contribution in [-0.2, 0) is 0 Å². The average Bonchev–Trinajstić information content (AvgIpc) is 1.97. The normalized spacial score (nSPS) is 12.3. The minimum atomic E-state index is -0.961. The summed E-state index contributed by atoms with van der Waals surface area (Å²) in [7, 11) is -2.45. The molecule has 4 radical (unpaired) electrons. The zero-order chi connectivity index (χ0) is 14.4. The Balaban J connectivity index is 0. The third-order valence-electron chi connectivity index (χ3n) is 1.79. The largest absolute Gasteiger partial charge is 0.368 e. The summed E-state index contributed by atoms with van der Waals surface area (Å²) >= 11 is 1.63. The van der Waals surface area contributed by atoms with Gasteiger partial charge in [-0.1, -0.05) is 13.1 Å². The maximum Gasteiger partial charge on any atom is 0.174 e. The van der Waals surface area contributed by atoms with E-state index in [-0.39, 0.29) is 17.5 Å². The Labute approximate surface area is 128 Å². The fourth-order valence-corrected chi connectivity index (χ4v) is 13.1. The van der Waals surface area contributed by atoms with E-state index >= 15 is 0 Å². The van der Waals surface area contributed by atoms with Crippen molar-refractivity contribution in [3.63, 3.8) is 0 Å². The zero-order valence-electron chi connectivity index (χ0n) is 13.4. The van der Waals surface area contributed by atoms with Gasteiger partial charge in [-0.05, 0) is 13.1 Å². The molecule has 0 N–H and O–H groups in total. The third kappa shape index (κ3) is 13.7. The van der Waals surface area contributed by atoms with Crippen LogP contribution < -0.4 is 0 Å². The number of hydrogen-bond donors (Lipinski definition) is 0. The van der Waals surface area contributed by atoms with Crippen molar-refractivity contribution in [2.24, 2.45) is 4.30 Å². The van der Waals surface area contributed by atoms with E-state index in [1.165, 1.54) is 0 Å². The summed E-state index contributed by atoms with van der Waals surface area (Å²) in [6, 6.07) is 0. The fraction of sp³-hybridized carbons (Fsp3) is 1.00. The van der Waals surface area contributed by atoms with Crippen molar-refractivity contribution in [1.82, 2.24) is 2.45 Å². The first-order valence-corrected chi connectivity index (χ1v) is 19.2. The third-order valence-corrected chi connectivity index (χ3v) is 23.6. The van der Waals surface area contributed by atoms with E-state index in [9.17, 15) is 0 Å². The van der Waals surface area contributed by atoms with Crippen molar-refractivity contribution >= 4 is 56.8 Å². The molecule has 0 saturated carbocycles. The molecule has 0 saturated heterocycles. The zero-order valence-corrected chi connectivity index (χ0v) is 20.2. The summed E-state index contributed by atoms with van der Waals surface area (Å²) in [5, 5.41) is 0. The van der Waals surface area contributed by atoms with Gasteiger partial charge < -0.3 is 4.30 Å². The van der Waals surface area contributed by atoms with Gasteiger partial charge in [0.2, 0.25) is 0 Å². The molecule has 0 spiro atoms. The minimum Gasteiger partial charge on any atom is -0.368 e. The van der Waals surface area contributed by atoms with E-state index in [4.69, 9.17) is 0 Å². The molecule has 0 aliphatic carbocycles. The Morgan fingerprint density at radius 1 is 0.824 bits per heavy atom. The molecule has 0 aromatic heterocycles. The van der Waals surface area contributed by atoms with Crippen LogP contribution in [0.5, 0.6) is 0 Å². The molecule has 0 aliphatic heterocycles. The maximum absolute atomic E-state index is 4.48. The molecule has 0 aromatic carbocycles. The summed E-state index contributed by atoms with van der Waals surface area (Å²) in [5.74, 6) is 0. The first-order chi connectivity index (χ1) is 7.28. The summed E-state index contributed by atoms with van der Waals surface area (Å²) in [6.07, 6.45) is 0. The standard InChI is InChI=1S/C6H18NSi2.C4H12NSi2.Sn/c1-8(2,3)7-9(4,5)6;1-6(2)5-7(3)4;/h1-6H3;1-4H3;/q-1;;+1. The second-order valence-electron chi connectivity index (χ2n) is 6.68. The van der Waals surface area contributed by atoms with E-state index in [1.807, 2.05) is 0 Å². The van der Waals surface area contributed by atoms with Crippen LogP contribution in [0.2, 0.25) is 65.5 Å². The van der Waals surface area contributed by atoms with Crippen LogP contribution in [0.25, 0.3) is 0 Å². The molecule has 100 valence electrons. The van der Waals surface area contributed by atoms with Crippen molar-refractivity contribution in [2.45, 2.75) is 65.5 Å². The molecule has 0 aliphatic rings. The molecule has 0 fully saturated rings. The van der Waals surface area contributed by atoms with E-state index in [0.717, 1.165) is 0 Å². The Kier molecular flexibility index (Phi) is 10.5. The van der Waals surface area contributed by atoms with Gasteiger partial charge in [0.15, 0.2) is 8.96 Å². The van der Waals surface area contributed by atoms with Crippen molar-refractivity contribution in [3.05, 3.63) is 0 Å². The molecular weight excluding hydrogens is 379 g/mol. The number of rotatable bonds is 3. The molecule has 2 nitrogen and oxygen atoms in total. The van der Waals surface area contributed by atoms with Crippen LogP contribution in [0, 0.1) is 0 Å². The molecule has 0 bridgehead atoms. The fourth-order valence-electron chi connectivity index (χ4n) is 1.45. The van der Waals surface area contributed by atoms with E-state index in [1.54, 1.807) is 22.8 Å². The molecule has 0 heterocycles. The van der Waals surface area contributed by atoms with Crippen LogP contribution in [0.3, 0.4) is 0 Å². The molecule has 17 heavy (non-hydrogen) atoms. The number of nitrogens with zero attached hydrogens (tertiary/aromatic N) is 2. The molecular formula is C10H30N2Si4Sn. The minimum absolute atomic E-state index is 0.264. The topological polar surface area (TPSA) is 15.6 Å². The monoisotopic (exact) mass is 410 g/mol. The van der Waals surface area contributed by atoms with E-state index in [0.29, 0.717) is 0 Å². The van der Waals surface area contributed by atoms with Crippen molar-refractivity contribution in [1.29, 1.82) is 0 Å². The van der Waals surface area contributed by atoms with Crippen LogP contribution in [0.1, 0.15) is 0 Å². The Morgan fingerprint density at radius 2 is 1.12 bits per heavy atom.